The number of amides is 1. The number of carbonyl (C=O) groups excluding carboxylic acids is 1. The summed E-state index contributed by atoms with van der Waals surface area (Å²) in [7, 11) is 1.55. The van der Waals surface area contributed by atoms with Gasteiger partial charge >= 0.3 is 0 Å². The second-order valence-corrected chi connectivity index (χ2v) is 8.86. The van der Waals surface area contributed by atoms with Crippen LogP contribution in [0.15, 0.2) is 68.6 Å². The maximum atomic E-state index is 12.1. The number of nitrogens with one attached hydrogen (secondary N) is 1. The largest absolute Gasteiger partial charge is 0.493 e. The molecule has 0 fully saturated rings. The molecule has 3 rings (SSSR count). The molecule has 160 valence electrons. The van der Waals surface area contributed by atoms with E-state index in [2.05, 4.69) is 42.4 Å². The Balaban J connectivity index is 1.69. The molecule has 3 aromatic rings. The third-order valence-corrected chi connectivity index (χ3v) is 5.96. The second-order valence-electron chi connectivity index (χ2n) is 6.28. The Morgan fingerprint density at radius 1 is 1.06 bits per heavy atom. The van der Waals surface area contributed by atoms with E-state index in [9.17, 15) is 4.79 Å². The van der Waals surface area contributed by atoms with Crippen molar-refractivity contribution in [2.75, 3.05) is 7.11 Å². The molecule has 0 radical (unpaired) electrons. The molecule has 0 saturated heterocycles. The van der Waals surface area contributed by atoms with Crippen LogP contribution in [0.4, 0.5) is 0 Å². The molecule has 9 heteroatoms. The van der Waals surface area contributed by atoms with Crippen LogP contribution in [-0.2, 0) is 6.61 Å². The van der Waals surface area contributed by atoms with Gasteiger partial charge in [-0.1, -0.05) is 45.2 Å². The third kappa shape index (κ3) is 6.46. The molecule has 0 aliphatic rings. The van der Waals surface area contributed by atoms with Gasteiger partial charge in [-0.15, -0.1) is 0 Å². The summed E-state index contributed by atoms with van der Waals surface area (Å²) in [6, 6.07) is 15.9. The summed E-state index contributed by atoms with van der Waals surface area (Å²) in [6.45, 7) is 0.280. The second kappa shape index (κ2) is 11.0. The van der Waals surface area contributed by atoms with Crippen molar-refractivity contribution in [2.24, 2.45) is 5.10 Å². The van der Waals surface area contributed by atoms with E-state index in [0.717, 1.165) is 10.0 Å². The molecule has 1 N–H and O–H groups in total. The highest BCUT2D eigenvalue weighted by molar-refractivity contribution is 9.10. The van der Waals surface area contributed by atoms with E-state index in [1.165, 1.54) is 6.21 Å². The van der Waals surface area contributed by atoms with Crippen molar-refractivity contribution in [3.05, 3.63) is 90.3 Å². The van der Waals surface area contributed by atoms with Gasteiger partial charge < -0.3 is 9.47 Å². The van der Waals surface area contributed by atoms with E-state index >= 15 is 0 Å². The molecule has 3 aromatic carbocycles. The Morgan fingerprint density at radius 3 is 2.48 bits per heavy atom. The van der Waals surface area contributed by atoms with Gasteiger partial charge in [-0.2, -0.15) is 5.10 Å². The molecule has 0 spiro atoms. The third-order valence-electron chi connectivity index (χ3n) is 4.11. The van der Waals surface area contributed by atoms with Crippen molar-refractivity contribution in [2.45, 2.75) is 6.61 Å². The van der Waals surface area contributed by atoms with Crippen LogP contribution in [0.3, 0.4) is 0 Å². The number of nitrogens with zero attached hydrogens (tertiary/aromatic N) is 1. The minimum Gasteiger partial charge on any atom is -0.493 e. The van der Waals surface area contributed by atoms with Crippen molar-refractivity contribution >= 4 is 67.2 Å². The van der Waals surface area contributed by atoms with Crippen LogP contribution >= 0.6 is 55.1 Å². The zero-order valence-electron chi connectivity index (χ0n) is 16.2. The lowest BCUT2D eigenvalue weighted by molar-refractivity contribution is 0.0955. The summed E-state index contributed by atoms with van der Waals surface area (Å²) >= 11 is 18.8. The SMILES string of the molecule is COc1cc(/C=N\NC(=O)c2ccc(Br)cc2)cc(Br)c1OCc1ccc(Cl)c(Cl)c1. The maximum Gasteiger partial charge on any atom is 0.271 e. The van der Waals surface area contributed by atoms with Gasteiger partial charge in [-0.3, -0.25) is 4.79 Å². The molecule has 0 saturated carbocycles. The molecule has 0 unspecified atom stereocenters. The van der Waals surface area contributed by atoms with Crippen LogP contribution in [0.25, 0.3) is 0 Å². The molecular formula is C22H16Br2Cl2N2O3. The van der Waals surface area contributed by atoms with Gasteiger partial charge in [0.15, 0.2) is 11.5 Å². The first-order valence-electron chi connectivity index (χ1n) is 8.90. The molecule has 0 atom stereocenters. The molecular weight excluding hydrogens is 571 g/mol. The zero-order valence-corrected chi connectivity index (χ0v) is 20.8. The number of halogens is 4. The topological polar surface area (TPSA) is 59.9 Å². The van der Waals surface area contributed by atoms with Gasteiger partial charge in [-0.05, 0) is 75.6 Å². The van der Waals surface area contributed by atoms with E-state index < -0.39 is 0 Å². The monoisotopic (exact) mass is 584 g/mol. The van der Waals surface area contributed by atoms with E-state index in [-0.39, 0.29) is 12.5 Å². The number of methoxy groups -OCH3 is 1. The summed E-state index contributed by atoms with van der Waals surface area (Å²) in [4.78, 5) is 12.1. The van der Waals surface area contributed by atoms with Crippen molar-refractivity contribution in [3.63, 3.8) is 0 Å². The molecule has 0 bridgehead atoms. The predicted octanol–water partition coefficient (Wildman–Crippen LogP) is 6.87. The van der Waals surface area contributed by atoms with Gasteiger partial charge in [0.25, 0.3) is 5.91 Å². The van der Waals surface area contributed by atoms with Gasteiger partial charge in [-0.25, -0.2) is 5.43 Å². The van der Waals surface area contributed by atoms with Crippen molar-refractivity contribution in [1.82, 2.24) is 5.43 Å². The van der Waals surface area contributed by atoms with Gasteiger partial charge in [0.2, 0.25) is 0 Å². The van der Waals surface area contributed by atoms with E-state index in [0.29, 0.717) is 37.1 Å². The summed E-state index contributed by atoms with van der Waals surface area (Å²) < 4.78 is 12.9. The summed E-state index contributed by atoms with van der Waals surface area (Å²) in [6.07, 6.45) is 1.52. The van der Waals surface area contributed by atoms with Crippen LogP contribution in [0.2, 0.25) is 10.0 Å². The lowest BCUT2D eigenvalue weighted by Crippen LogP contribution is -2.17. The van der Waals surface area contributed by atoms with E-state index in [4.69, 9.17) is 32.7 Å². The summed E-state index contributed by atoms with van der Waals surface area (Å²) in [5.41, 5.74) is 4.58. The summed E-state index contributed by atoms with van der Waals surface area (Å²) in [5, 5.41) is 4.97. The first kappa shape index (κ1) is 23.6. The number of hydrogen-bond acceptors (Lipinski definition) is 4. The van der Waals surface area contributed by atoms with Gasteiger partial charge in [0, 0.05) is 10.0 Å². The van der Waals surface area contributed by atoms with Gasteiger partial charge in [0.05, 0.1) is 27.8 Å². The Hall–Kier alpha value is -2.06. The molecule has 0 aromatic heterocycles. The molecule has 0 aliphatic heterocycles. The van der Waals surface area contributed by atoms with Crippen LogP contribution in [-0.4, -0.2) is 19.2 Å². The van der Waals surface area contributed by atoms with E-state index in [1.807, 2.05) is 12.1 Å². The first-order chi connectivity index (χ1) is 14.9. The minimum absolute atomic E-state index is 0.280. The number of ether oxygens (including phenoxy) is 2. The van der Waals surface area contributed by atoms with E-state index in [1.54, 1.807) is 49.6 Å². The normalized spacial score (nSPS) is 10.9. The number of hydrazone groups is 1. The Kier molecular flexibility index (Phi) is 8.37. The molecule has 0 aliphatic carbocycles. The fraction of sp³-hybridized carbons (Fsp3) is 0.0909. The average Bonchev–Trinajstić information content (AvgIpc) is 2.75. The lowest BCUT2D eigenvalue weighted by atomic mass is 10.2. The Morgan fingerprint density at radius 2 is 1.81 bits per heavy atom. The van der Waals surface area contributed by atoms with Crippen LogP contribution in [0.5, 0.6) is 11.5 Å². The predicted molar refractivity (Wildman–Crippen MR) is 131 cm³/mol. The van der Waals surface area contributed by atoms with Crippen LogP contribution < -0.4 is 14.9 Å². The lowest BCUT2D eigenvalue weighted by Gasteiger charge is -2.14. The molecule has 1 amide bonds. The molecule has 31 heavy (non-hydrogen) atoms. The number of hydrogen-bond donors (Lipinski definition) is 1. The first-order valence-corrected chi connectivity index (χ1v) is 11.2. The van der Waals surface area contributed by atoms with Crippen LogP contribution in [0, 0.1) is 0 Å². The smallest absolute Gasteiger partial charge is 0.271 e. The average molecular weight is 587 g/mol. The highest BCUT2D eigenvalue weighted by atomic mass is 79.9. The Labute approximate surface area is 206 Å². The quantitative estimate of drug-likeness (QED) is 0.243. The molecule has 0 heterocycles. The molecule has 5 nitrogen and oxygen atoms in total. The summed E-state index contributed by atoms with van der Waals surface area (Å²) in [5.74, 6) is 0.733. The zero-order chi connectivity index (χ0) is 22.4. The van der Waals surface area contributed by atoms with Crippen molar-refractivity contribution in [1.29, 1.82) is 0 Å². The van der Waals surface area contributed by atoms with Gasteiger partial charge in [0.1, 0.15) is 6.61 Å². The number of carbonyl (C=O) groups is 1. The maximum absolute atomic E-state index is 12.1. The highest BCUT2D eigenvalue weighted by Crippen LogP contribution is 2.37. The standard InChI is InChI=1S/C22H16Br2Cl2N2O3/c1-30-20-10-14(11-27-28-22(29)15-3-5-16(23)6-4-15)8-17(24)21(20)31-12-13-2-7-18(25)19(26)9-13/h2-11H,12H2,1H3,(H,28,29)/b27-11-. The minimum atomic E-state index is -0.309. The van der Waals surface area contributed by atoms with Crippen LogP contribution in [0.1, 0.15) is 21.5 Å². The number of benzene rings is 3. The van der Waals surface area contributed by atoms with Crippen molar-refractivity contribution < 1.29 is 14.3 Å². The van der Waals surface area contributed by atoms with Crippen molar-refractivity contribution in [3.8, 4) is 11.5 Å². The highest BCUT2D eigenvalue weighted by Gasteiger charge is 2.12. The Bertz CT molecular complexity index is 1120. The fourth-order valence-corrected chi connectivity index (χ4v) is 3.73. The fourth-order valence-electron chi connectivity index (χ4n) is 2.57. The number of rotatable bonds is 7.